The van der Waals surface area contributed by atoms with Crippen LogP contribution in [0.1, 0.15) is 45.0 Å². The van der Waals surface area contributed by atoms with Crippen LogP contribution in [0.2, 0.25) is 0 Å². The van der Waals surface area contributed by atoms with Gasteiger partial charge in [0.15, 0.2) is 0 Å². The summed E-state index contributed by atoms with van der Waals surface area (Å²) >= 11 is 0. The van der Waals surface area contributed by atoms with Crippen LogP contribution in [0.25, 0.3) is 0 Å². The van der Waals surface area contributed by atoms with Crippen molar-refractivity contribution >= 4 is 0 Å². The van der Waals surface area contributed by atoms with Gasteiger partial charge in [0, 0.05) is 19.4 Å². The van der Waals surface area contributed by atoms with Gasteiger partial charge in [-0.15, -0.1) is 0 Å². The fraction of sp³-hybridized carbons (Fsp3) is 0.769. The Morgan fingerprint density at radius 2 is 2.12 bits per heavy atom. The van der Waals surface area contributed by atoms with Gasteiger partial charge >= 0.3 is 0 Å². The summed E-state index contributed by atoms with van der Waals surface area (Å²) in [4.78, 5) is 6.70. The number of imidazole rings is 1. The summed E-state index contributed by atoms with van der Waals surface area (Å²) in [5.74, 6) is 0.765. The highest BCUT2D eigenvalue weighted by Crippen LogP contribution is 2.35. The summed E-state index contributed by atoms with van der Waals surface area (Å²) in [6.45, 7) is 6.47. The van der Waals surface area contributed by atoms with Gasteiger partial charge in [-0.1, -0.05) is 6.92 Å². The third-order valence-corrected chi connectivity index (χ3v) is 4.24. The predicted octanol–water partition coefficient (Wildman–Crippen LogP) is 1.72. The first-order valence-electron chi connectivity index (χ1n) is 6.50. The van der Waals surface area contributed by atoms with Gasteiger partial charge < -0.3 is 9.67 Å². The summed E-state index contributed by atoms with van der Waals surface area (Å²) < 4.78 is 1.91. The lowest BCUT2D eigenvalue weighted by molar-refractivity contribution is -0.0202. The van der Waals surface area contributed by atoms with Crippen LogP contribution in [0.5, 0.6) is 0 Å². The average Bonchev–Trinajstić information content (AvgIpc) is 2.97. The minimum Gasteiger partial charge on any atom is -0.383 e. The van der Waals surface area contributed by atoms with Crippen molar-refractivity contribution in [3.05, 3.63) is 18.2 Å². The highest BCUT2D eigenvalue weighted by atomic mass is 16.3. The molecule has 1 aliphatic heterocycles. The van der Waals surface area contributed by atoms with Crippen LogP contribution in [-0.2, 0) is 7.05 Å². The molecule has 0 radical (unpaired) electrons. The number of aliphatic hydroxyl groups is 1. The van der Waals surface area contributed by atoms with Crippen molar-refractivity contribution < 1.29 is 5.11 Å². The van der Waals surface area contributed by atoms with Crippen LogP contribution in [0.15, 0.2) is 12.4 Å². The molecule has 1 aromatic rings. The smallest absolute Gasteiger partial charge is 0.139 e. The number of rotatable bonds is 4. The SMILES string of the molecule is CCC(C)(C(O)c1nccn1C)N1CCCC1. The first kappa shape index (κ1) is 12.6. The van der Waals surface area contributed by atoms with Crippen LogP contribution < -0.4 is 0 Å². The van der Waals surface area contributed by atoms with Gasteiger partial charge in [-0.05, 0) is 39.3 Å². The van der Waals surface area contributed by atoms with Crippen LogP contribution in [0, 0.1) is 0 Å². The third kappa shape index (κ3) is 2.11. The third-order valence-electron chi connectivity index (χ3n) is 4.24. The summed E-state index contributed by atoms with van der Waals surface area (Å²) in [6.07, 6.45) is 6.52. The van der Waals surface area contributed by atoms with Gasteiger partial charge in [-0.3, -0.25) is 4.90 Å². The Kier molecular flexibility index (Phi) is 3.54. The molecule has 1 fully saturated rings. The summed E-state index contributed by atoms with van der Waals surface area (Å²) in [5, 5.41) is 10.6. The van der Waals surface area contributed by atoms with Crippen molar-refractivity contribution in [2.45, 2.75) is 44.8 Å². The lowest BCUT2D eigenvalue weighted by Crippen LogP contribution is -2.49. The molecule has 0 bridgehead atoms. The maximum absolute atomic E-state index is 10.6. The molecule has 17 heavy (non-hydrogen) atoms. The lowest BCUT2D eigenvalue weighted by Gasteiger charge is -2.41. The molecular formula is C13H23N3O. The largest absolute Gasteiger partial charge is 0.383 e. The van der Waals surface area contributed by atoms with E-state index in [2.05, 4.69) is 23.7 Å². The van der Waals surface area contributed by atoms with Gasteiger partial charge in [0.25, 0.3) is 0 Å². The molecule has 2 rings (SSSR count). The van der Waals surface area contributed by atoms with Crippen molar-refractivity contribution in [1.29, 1.82) is 0 Å². The quantitative estimate of drug-likeness (QED) is 0.867. The Labute approximate surface area is 103 Å². The molecule has 0 saturated carbocycles. The molecule has 1 aromatic heterocycles. The Balaban J connectivity index is 2.25. The van der Waals surface area contributed by atoms with Crippen molar-refractivity contribution in [1.82, 2.24) is 14.5 Å². The average molecular weight is 237 g/mol. The number of aliphatic hydroxyl groups excluding tert-OH is 1. The molecule has 1 N–H and O–H groups in total. The van der Waals surface area contributed by atoms with Crippen LogP contribution in [0.4, 0.5) is 0 Å². The molecule has 0 aliphatic carbocycles. The fourth-order valence-corrected chi connectivity index (χ4v) is 2.74. The number of nitrogens with zero attached hydrogens (tertiary/aromatic N) is 3. The molecule has 2 heterocycles. The molecule has 0 amide bonds. The normalized spacial score (nSPS) is 22.6. The Hall–Kier alpha value is -0.870. The molecule has 0 aromatic carbocycles. The standard InChI is InChI=1S/C13H23N3O/c1-4-13(2,16-8-5-6-9-16)11(17)12-14-7-10-15(12)3/h7,10-11,17H,4-6,8-9H2,1-3H3. The molecule has 1 saturated heterocycles. The zero-order valence-corrected chi connectivity index (χ0v) is 11.1. The number of aromatic nitrogens is 2. The fourth-order valence-electron chi connectivity index (χ4n) is 2.74. The zero-order valence-electron chi connectivity index (χ0n) is 11.1. The van der Waals surface area contributed by atoms with Crippen LogP contribution in [0.3, 0.4) is 0 Å². The van der Waals surface area contributed by atoms with E-state index in [1.165, 1.54) is 12.8 Å². The van der Waals surface area contributed by atoms with E-state index in [1.54, 1.807) is 6.20 Å². The van der Waals surface area contributed by atoms with E-state index >= 15 is 0 Å². The number of likely N-dealkylation sites (tertiary alicyclic amines) is 1. The number of hydrogen-bond acceptors (Lipinski definition) is 3. The van der Waals surface area contributed by atoms with E-state index in [0.717, 1.165) is 25.3 Å². The maximum atomic E-state index is 10.6. The van der Waals surface area contributed by atoms with Crippen molar-refractivity contribution in [2.75, 3.05) is 13.1 Å². The van der Waals surface area contributed by atoms with Gasteiger partial charge in [-0.2, -0.15) is 0 Å². The molecule has 96 valence electrons. The van der Waals surface area contributed by atoms with Gasteiger partial charge in [0.1, 0.15) is 11.9 Å². The predicted molar refractivity (Wildman–Crippen MR) is 67.7 cm³/mol. The number of aryl methyl sites for hydroxylation is 1. The molecule has 2 unspecified atom stereocenters. The first-order valence-corrected chi connectivity index (χ1v) is 6.50. The molecule has 4 nitrogen and oxygen atoms in total. The van der Waals surface area contributed by atoms with E-state index in [9.17, 15) is 5.11 Å². The number of hydrogen-bond donors (Lipinski definition) is 1. The highest BCUT2D eigenvalue weighted by Gasteiger charge is 2.40. The second-order valence-corrected chi connectivity index (χ2v) is 5.20. The van der Waals surface area contributed by atoms with Crippen molar-refractivity contribution in [3.63, 3.8) is 0 Å². The maximum Gasteiger partial charge on any atom is 0.139 e. The van der Waals surface area contributed by atoms with Crippen LogP contribution in [-0.4, -0.2) is 38.2 Å². The second-order valence-electron chi connectivity index (χ2n) is 5.20. The Morgan fingerprint density at radius 1 is 1.47 bits per heavy atom. The molecular weight excluding hydrogens is 214 g/mol. The zero-order chi connectivity index (χ0) is 12.5. The Bertz CT molecular complexity index is 370. The van der Waals surface area contributed by atoms with E-state index in [0.29, 0.717) is 0 Å². The monoisotopic (exact) mass is 237 g/mol. The lowest BCUT2D eigenvalue weighted by atomic mass is 9.89. The van der Waals surface area contributed by atoms with Crippen molar-refractivity contribution in [3.8, 4) is 0 Å². The van der Waals surface area contributed by atoms with E-state index in [-0.39, 0.29) is 5.54 Å². The minimum absolute atomic E-state index is 0.199. The van der Waals surface area contributed by atoms with E-state index in [1.807, 2.05) is 17.8 Å². The highest BCUT2D eigenvalue weighted by molar-refractivity contribution is 5.06. The van der Waals surface area contributed by atoms with Crippen LogP contribution >= 0.6 is 0 Å². The molecule has 2 atom stereocenters. The molecule has 4 heteroatoms. The van der Waals surface area contributed by atoms with Gasteiger partial charge in [0.05, 0.1) is 5.54 Å². The molecule has 0 spiro atoms. The van der Waals surface area contributed by atoms with Crippen molar-refractivity contribution in [2.24, 2.45) is 7.05 Å². The summed E-state index contributed by atoms with van der Waals surface area (Å²) in [5.41, 5.74) is -0.199. The minimum atomic E-state index is -0.523. The summed E-state index contributed by atoms with van der Waals surface area (Å²) in [6, 6.07) is 0. The second kappa shape index (κ2) is 4.78. The molecule has 1 aliphatic rings. The van der Waals surface area contributed by atoms with Gasteiger partial charge in [0.2, 0.25) is 0 Å². The topological polar surface area (TPSA) is 41.3 Å². The summed E-state index contributed by atoms with van der Waals surface area (Å²) in [7, 11) is 1.94. The van der Waals surface area contributed by atoms with Gasteiger partial charge in [-0.25, -0.2) is 4.98 Å². The van der Waals surface area contributed by atoms with E-state index in [4.69, 9.17) is 0 Å². The van der Waals surface area contributed by atoms with E-state index < -0.39 is 6.10 Å². The first-order chi connectivity index (χ1) is 8.09. The Morgan fingerprint density at radius 3 is 2.59 bits per heavy atom.